The lowest BCUT2D eigenvalue weighted by Crippen LogP contribution is -1.98. The van der Waals surface area contributed by atoms with E-state index in [1.54, 1.807) is 12.3 Å². The quantitative estimate of drug-likeness (QED) is 0.762. The molecule has 3 aromatic rings. The molecule has 0 bridgehead atoms. The molecule has 2 N–H and O–H groups in total. The SMILES string of the molecule is CCn1c(-c2ccc(N)nc2)nc2cc(C)ccc21. The maximum absolute atomic E-state index is 5.63. The van der Waals surface area contributed by atoms with Gasteiger partial charge in [0.15, 0.2) is 0 Å². The maximum atomic E-state index is 5.63. The van der Waals surface area contributed by atoms with Crippen LogP contribution in [0.1, 0.15) is 12.5 Å². The van der Waals surface area contributed by atoms with Crippen molar-refractivity contribution in [2.45, 2.75) is 20.4 Å². The second kappa shape index (κ2) is 4.39. The van der Waals surface area contributed by atoms with E-state index in [9.17, 15) is 0 Å². The molecule has 0 aliphatic rings. The molecule has 96 valence electrons. The van der Waals surface area contributed by atoms with Crippen LogP contribution in [0.4, 0.5) is 5.82 Å². The predicted molar refractivity (Wildman–Crippen MR) is 77.8 cm³/mol. The van der Waals surface area contributed by atoms with Crippen molar-refractivity contribution in [3.8, 4) is 11.4 Å². The third-order valence-corrected chi connectivity index (χ3v) is 3.26. The maximum Gasteiger partial charge on any atom is 0.142 e. The molecular formula is C15H16N4. The lowest BCUT2D eigenvalue weighted by molar-refractivity contribution is 0.796. The van der Waals surface area contributed by atoms with Gasteiger partial charge in [0.1, 0.15) is 11.6 Å². The van der Waals surface area contributed by atoms with Crippen LogP contribution in [-0.2, 0) is 6.54 Å². The van der Waals surface area contributed by atoms with Crippen molar-refractivity contribution in [2.24, 2.45) is 0 Å². The molecule has 0 amide bonds. The first-order chi connectivity index (χ1) is 9.19. The van der Waals surface area contributed by atoms with Gasteiger partial charge in [-0.05, 0) is 43.7 Å². The van der Waals surface area contributed by atoms with Crippen molar-refractivity contribution in [3.05, 3.63) is 42.1 Å². The average molecular weight is 252 g/mol. The summed E-state index contributed by atoms with van der Waals surface area (Å²) in [6, 6.07) is 10.1. The zero-order chi connectivity index (χ0) is 13.4. The van der Waals surface area contributed by atoms with E-state index in [2.05, 4.69) is 41.6 Å². The summed E-state index contributed by atoms with van der Waals surface area (Å²) < 4.78 is 2.20. The highest BCUT2D eigenvalue weighted by Gasteiger charge is 2.11. The van der Waals surface area contributed by atoms with E-state index in [1.165, 1.54) is 5.56 Å². The van der Waals surface area contributed by atoms with Gasteiger partial charge in [-0.3, -0.25) is 0 Å². The zero-order valence-electron chi connectivity index (χ0n) is 11.1. The number of nitrogen functional groups attached to an aromatic ring is 1. The summed E-state index contributed by atoms with van der Waals surface area (Å²) in [6.07, 6.45) is 1.77. The fourth-order valence-corrected chi connectivity index (χ4v) is 2.32. The van der Waals surface area contributed by atoms with Gasteiger partial charge in [-0.2, -0.15) is 0 Å². The summed E-state index contributed by atoms with van der Waals surface area (Å²) in [5.74, 6) is 1.47. The van der Waals surface area contributed by atoms with Crippen LogP contribution in [0.3, 0.4) is 0 Å². The van der Waals surface area contributed by atoms with E-state index >= 15 is 0 Å². The van der Waals surface area contributed by atoms with Crippen LogP contribution in [-0.4, -0.2) is 14.5 Å². The number of nitrogens with zero attached hydrogens (tertiary/aromatic N) is 3. The molecule has 2 aromatic heterocycles. The minimum atomic E-state index is 0.527. The highest BCUT2D eigenvalue weighted by atomic mass is 15.1. The smallest absolute Gasteiger partial charge is 0.142 e. The molecule has 0 unspecified atom stereocenters. The number of hydrogen-bond donors (Lipinski definition) is 1. The fraction of sp³-hybridized carbons (Fsp3) is 0.200. The number of hydrogen-bond acceptors (Lipinski definition) is 3. The number of benzene rings is 1. The Hall–Kier alpha value is -2.36. The molecule has 0 saturated heterocycles. The van der Waals surface area contributed by atoms with E-state index in [0.717, 1.165) is 29.0 Å². The molecule has 1 aromatic carbocycles. The third kappa shape index (κ3) is 1.95. The lowest BCUT2D eigenvalue weighted by Gasteiger charge is -2.05. The first kappa shape index (κ1) is 11.7. The molecular weight excluding hydrogens is 236 g/mol. The van der Waals surface area contributed by atoms with Gasteiger partial charge in [0.2, 0.25) is 0 Å². The zero-order valence-corrected chi connectivity index (χ0v) is 11.1. The lowest BCUT2D eigenvalue weighted by atomic mass is 10.2. The third-order valence-electron chi connectivity index (χ3n) is 3.26. The first-order valence-corrected chi connectivity index (χ1v) is 6.38. The minimum absolute atomic E-state index is 0.527. The predicted octanol–water partition coefficient (Wildman–Crippen LogP) is 3.01. The Kier molecular flexibility index (Phi) is 2.71. The first-order valence-electron chi connectivity index (χ1n) is 6.38. The van der Waals surface area contributed by atoms with Crippen molar-refractivity contribution in [1.82, 2.24) is 14.5 Å². The summed E-state index contributed by atoms with van der Waals surface area (Å²) in [6.45, 7) is 5.07. The van der Waals surface area contributed by atoms with E-state index in [0.29, 0.717) is 5.82 Å². The van der Waals surface area contributed by atoms with Crippen molar-refractivity contribution >= 4 is 16.9 Å². The molecule has 4 nitrogen and oxygen atoms in total. The molecule has 19 heavy (non-hydrogen) atoms. The van der Waals surface area contributed by atoms with Gasteiger partial charge in [-0.1, -0.05) is 6.07 Å². The van der Waals surface area contributed by atoms with E-state index in [4.69, 9.17) is 10.7 Å². The Balaban J connectivity index is 2.25. The van der Waals surface area contributed by atoms with Crippen LogP contribution in [0, 0.1) is 6.92 Å². The van der Waals surface area contributed by atoms with Gasteiger partial charge in [0, 0.05) is 18.3 Å². The number of rotatable bonds is 2. The van der Waals surface area contributed by atoms with Crippen LogP contribution in [0.15, 0.2) is 36.5 Å². The number of pyridine rings is 1. The summed E-state index contributed by atoms with van der Waals surface area (Å²) in [5, 5.41) is 0. The monoisotopic (exact) mass is 252 g/mol. The van der Waals surface area contributed by atoms with Gasteiger partial charge < -0.3 is 10.3 Å². The number of aromatic nitrogens is 3. The topological polar surface area (TPSA) is 56.7 Å². The summed E-state index contributed by atoms with van der Waals surface area (Å²) >= 11 is 0. The Morgan fingerprint density at radius 1 is 1.21 bits per heavy atom. The van der Waals surface area contributed by atoms with Gasteiger partial charge in [-0.15, -0.1) is 0 Å². The van der Waals surface area contributed by atoms with Crippen LogP contribution in [0.25, 0.3) is 22.4 Å². The minimum Gasteiger partial charge on any atom is -0.384 e. The van der Waals surface area contributed by atoms with Crippen molar-refractivity contribution in [2.75, 3.05) is 5.73 Å². The van der Waals surface area contributed by atoms with Crippen molar-refractivity contribution < 1.29 is 0 Å². The Bertz CT molecular complexity index is 726. The Morgan fingerprint density at radius 2 is 2.05 bits per heavy atom. The number of anilines is 1. The van der Waals surface area contributed by atoms with Gasteiger partial charge in [0.05, 0.1) is 11.0 Å². The molecule has 0 atom stereocenters. The van der Waals surface area contributed by atoms with Gasteiger partial charge >= 0.3 is 0 Å². The van der Waals surface area contributed by atoms with Crippen molar-refractivity contribution in [3.63, 3.8) is 0 Å². The van der Waals surface area contributed by atoms with E-state index in [-0.39, 0.29) is 0 Å². The second-order valence-corrected chi connectivity index (χ2v) is 4.64. The fourth-order valence-electron chi connectivity index (χ4n) is 2.32. The molecule has 0 radical (unpaired) electrons. The van der Waals surface area contributed by atoms with E-state index in [1.807, 2.05) is 6.07 Å². The molecule has 0 aliphatic heterocycles. The normalized spacial score (nSPS) is 11.1. The summed E-state index contributed by atoms with van der Waals surface area (Å²) in [4.78, 5) is 8.87. The molecule has 0 saturated carbocycles. The number of fused-ring (bicyclic) bond motifs is 1. The molecule has 3 rings (SSSR count). The second-order valence-electron chi connectivity index (χ2n) is 4.64. The standard InChI is InChI=1S/C15H16N4/c1-3-19-13-6-4-10(2)8-12(13)18-15(19)11-5-7-14(16)17-9-11/h4-9H,3H2,1-2H3,(H2,16,17). The molecule has 2 heterocycles. The summed E-state index contributed by atoms with van der Waals surface area (Å²) in [5.41, 5.74) is 10.0. The summed E-state index contributed by atoms with van der Waals surface area (Å²) in [7, 11) is 0. The molecule has 0 fully saturated rings. The Morgan fingerprint density at radius 3 is 2.74 bits per heavy atom. The molecule has 0 spiro atoms. The highest BCUT2D eigenvalue weighted by Crippen LogP contribution is 2.25. The Labute approximate surface area is 111 Å². The molecule has 0 aliphatic carbocycles. The number of imidazole rings is 1. The highest BCUT2D eigenvalue weighted by molar-refractivity contribution is 5.81. The largest absolute Gasteiger partial charge is 0.384 e. The van der Waals surface area contributed by atoms with Crippen LogP contribution >= 0.6 is 0 Å². The van der Waals surface area contributed by atoms with Crippen molar-refractivity contribution in [1.29, 1.82) is 0 Å². The van der Waals surface area contributed by atoms with Crippen LogP contribution in [0.2, 0.25) is 0 Å². The average Bonchev–Trinajstić information content (AvgIpc) is 2.77. The van der Waals surface area contributed by atoms with Gasteiger partial charge in [0.25, 0.3) is 0 Å². The van der Waals surface area contributed by atoms with Crippen LogP contribution in [0.5, 0.6) is 0 Å². The number of aryl methyl sites for hydroxylation is 2. The molecule has 4 heteroatoms. The van der Waals surface area contributed by atoms with Crippen LogP contribution < -0.4 is 5.73 Å². The number of nitrogens with two attached hydrogens (primary N) is 1. The van der Waals surface area contributed by atoms with Gasteiger partial charge in [-0.25, -0.2) is 9.97 Å². The van der Waals surface area contributed by atoms with E-state index < -0.39 is 0 Å².